The third kappa shape index (κ3) is 2.56. The summed E-state index contributed by atoms with van der Waals surface area (Å²) in [5, 5.41) is 0. The minimum Gasteiger partial charge on any atom is -0.325 e. The van der Waals surface area contributed by atoms with Crippen LogP contribution in [0.4, 0.5) is 13.2 Å². The van der Waals surface area contributed by atoms with E-state index < -0.39 is 17.6 Å². The molecular weight excluding hydrogens is 143 g/mol. The van der Waals surface area contributed by atoms with Gasteiger partial charge in [0.1, 0.15) is 0 Å². The van der Waals surface area contributed by atoms with Gasteiger partial charge in [-0.2, -0.15) is 13.2 Å². The van der Waals surface area contributed by atoms with Gasteiger partial charge in [0.15, 0.2) is 0 Å². The van der Waals surface area contributed by atoms with Crippen LogP contribution in [-0.4, -0.2) is 11.7 Å². The number of hydrogen-bond donors (Lipinski definition) is 1. The molecule has 1 nitrogen and oxygen atoms in total. The van der Waals surface area contributed by atoms with Gasteiger partial charge >= 0.3 is 6.18 Å². The molecule has 0 aromatic heterocycles. The molecule has 10 heavy (non-hydrogen) atoms. The van der Waals surface area contributed by atoms with E-state index >= 15 is 0 Å². The Hall–Kier alpha value is -0.250. The Kier molecular flexibility index (Phi) is 2.36. The summed E-state index contributed by atoms with van der Waals surface area (Å²) in [6.07, 6.45) is -4.18. The third-order valence-electron chi connectivity index (χ3n) is 1.61. The summed E-state index contributed by atoms with van der Waals surface area (Å²) < 4.78 is 35.6. The first-order chi connectivity index (χ1) is 4.15. The fourth-order valence-corrected chi connectivity index (χ4v) is 0.422. The van der Waals surface area contributed by atoms with E-state index in [1.54, 1.807) is 0 Å². The molecule has 0 spiro atoms. The molecule has 0 saturated heterocycles. The van der Waals surface area contributed by atoms with Crippen molar-refractivity contribution in [1.29, 1.82) is 0 Å². The Labute approximate surface area is 58.4 Å². The molecule has 62 valence electrons. The summed E-state index contributed by atoms with van der Waals surface area (Å²) in [7, 11) is 0. The van der Waals surface area contributed by atoms with Gasteiger partial charge < -0.3 is 5.73 Å². The zero-order valence-corrected chi connectivity index (χ0v) is 6.29. The lowest BCUT2D eigenvalue weighted by molar-refractivity contribution is -0.183. The van der Waals surface area contributed by atoms with E-state index in [-0.39, 0.29) is 0 Å². The first-order valence-corrected chi connectivity index (χ1v) is 3.01. The first kappa shape index (κ1) is 9.75. The molecule has 0 aliphatic heterocycles. The van der Waals surface area contributed by atoms with Gasteiger partial charge in [0.2, 0.25) is 0 Å². The van der Waals surface area contributed by atoms with Crippen LogP contribution >= 0.6 is 0 Å². The smallest absolute Gasteiger partial charge is 0.325 e. The molecule has 0 aromatic rings. The van der Waals surface area contributed by atoms with E-state index in [1.807, 2.05) is 0 Å². The first-order valence-electron chi connectivity index (χ1n) is 3.01. The standard InChI is InChI=1S/C6H12F3N/c1-4(5(2,3)10)6(7,8)9/h4H,10H2,1-3H3. The van der Waals surface area contributed by atoms with Crippen LogP contribution in [0.2, 0.25) is 0 Å². The van der Waals surface area contributed by atoms with Crippen LogP contribution in [0.3, 0.4) is 0 Å². The molecule has 0 rings (SSSR count). The third-order valence-corrected chi connectivity index (χ3v) is 1.61. The Morgan fingerprint density at radius 1 is 1.20 bits per heavy atom. The average Bonchev–Trinajstić information content (AvgIpc) is 1.59. The molecule has 0 saturated carbocycles. The predicted molar refractivity (Wildman–Crippen MR) is 33.5 cm³/mol. The number of hydrogen-bond acceptors (Lipinski definition) is 1. The second kappa shape index (κ2) is 2.42. The highest BCUT2D eigenvalue weighted by Gasteiger charge is 2.43. The van der Waals surface area contributed by atoms with Crippen molar-refractivity contribution in [3.8, 4) is 0 Å². The molecule has 2 N–H and O–H groups in total. The zero-order valence-electron chi connectivity index (χ0n) is 6.29. The van der Waals surface area contributed by atoms with Crippen molar-refractivity contribution in [2.24, 2.45) is 11.7 Å². The maximum atomic E-state index is 11.9. The topological polar surface area (TPSA) is 26.0 Å². The quantitative estimate of drug-likeness (QED) is 0.615. The minimum absolute atomic E-state index is 1.08. The van der Waals surface area contributed by atoms with E-state index in [1.165, 1.54) is 13.8 Å². The maximum Gasteiger partial charge on any atom is 0.393 e. The summed E-state index contributed by atoms with van der Waals surface area (Å²) in [5.74, 6) is -1.46. The second-order valence-electron chi connectivity index (χ2n) is 3.08. The van der Waals surface area contributed by atoms with Gasteiger partial charge in [-0.25, -0.2) is 0 Å². The summed E-state index contributed by atoms with van der Waals surface area (Å²) in [4.78, 5) is 0. The molecule has 1 unspecified atom stereocenters. The van der Waals surface area contributed by atoms with Crippen LogP contribution in [0.15, 0.2) is 0 Å². The summed E-state index contributed by atoms with van der Waals surface area (Å²) in [6.45, 7) is 3.82. The second-order valence-corrected chi connectivity index (χ2v) is 3.08. The van der Waals surface area contributed by atoms with Crippen molar-refractivity contribution >= 4 is 0 Å². The molecule has 0 fully saturated rings. The van der Waals surface area contributed by atoms with Crippen molar-refractivity contribution in [3.05, 3.63) is 0 Å². The fourth-order valence-electron chi connectivity index (χ4n) is 0.422. The van der Waals surface area contributed by atoms with Gasteiger partial charge in [-0.15, -0.1) is 0 Å². The summed E-state index contributed by atoms with van der Waals surface area (Å²) >= 11 is 0. The summed E-state index contributed by atoms with van der Waals surface area (Å²) in [6, 6.07) is 0. The molecule has 0 aliphatic carbocycles. The van der Waals surface area contributed by atoms with Crippen LogP contribution in [-0.2, 0) is 0 Å². The van der Waals surface area contributed by atoms with Crippen LogP contribution in [0, 0.1) is 5.92 Å². The summed E-state index contributed by atoms with van der Waals surface area (Å²) in [5.41, 5.74) is 4.06. The lowest BCUT2D eigenvalue weighted by atomic mass is 9.90. The SMILES string of the molecule is CC(C(C)(C)N)C(F)(F)F. The van der Waals surface area contributed by atoms with E-state index in [2.05, 4.69) is 0 Å². The van der Waals surface area contributed by atoms with Gasteiger partial charge in [0.25, 0.3) is 0 Å². The van der Waals surface area contributed by atoms with E-state index in [0.29, 0.717) is 0 Å². The zero-order chi connectivity index (χ0) is 8.58. The molecule has 0 bridgehead atoms. The van der Waals surface area contributed by atoms with E-state index in [9.17, 15) is 13.2 Å². The van der Waals surface area contributed by atoms with Crippen molar-refractivity contribution in [1.82, 2.24) is 0 Å². The number of rotatable bonds is 1. The number of alkyl halides is 3. The van der Waals surface area contributed by atoms with Gasteiger partial charge in [0.05, 0.1) is 5.92 Å². The van der Waals surface area contributed by atoms with E-state index in [0.717, 1.165) is 6.92 Å². The largest absolute Gasteiger partial charge is 0.393 e. The number of halogens is 3. The molecule has 0 aromatic carbocycles. The normalized spacial score (nSPS) is 17.1. The molecule has 0 radical (unpaired) electrons. The fraction of sp³-hybridized carbons (Fsp3) is 1.00. The molecule has 0 aliphatic rings. The maximum absolute atomic E-state index is 11.9. The van der Waals surface area contributed by atoms with Gasteiger partial charge in [-0.05, 0) is 13.8 Å². The van der Waals surface area contributed by atoms with Crippen LogP contribution in [0.5, 0.6) is 0 Å². The molecule has 0 heterocycles. The van der Waals surface area contributed by atoms with E-state index in [4.69, 9.17) is 5.73 Å². The van der Waals surface area contributed by atoms with Crippen LogP contribution < -0.4 is 5.73 Å². The number of nitrogens with two attached hydrogens (primary N) is 1. The van der Waals surface area contributed by atoms with Crippen LogP contribution in [0.25, 0.3) is 0 Å². The van der Waals surface area contributed by atoms with Gasteiger partial charge in [-0.3, -0.25) is 0 Å². The monoisotopic (exact) mass is 155 g/mol. The van der Waals surface area contributed by atoms with Crippen LogP contribution in [0.1, 0.15) is 20.8 Å². The van der Waals surface area contributed by atoms with Gasteiger partial charge in [-0.1, -0.05) is 6.92 Å². The Balaban J connectivity index is 4.23. The lowest BCUT2D eigenvalue weighted by Crippen LogP contribution is -2.46. The average molecular weight is 155 g/mol. The van der Waals surface area contributed by atoms with Crippen molar-refractivity contribution in [2.75, 3.05) is 0 Å². The Bertz CT molecular complexity index is 97.1. The van der Waals surface area contributed by atoms with Crippen molar-refractivity contribution < 1.29 is 13.2 Å². The van der Waals surface area contributed by atoms with Gasteiger partial charge in [0, 0.05) is 5.54 Å². The lowest BCUT2D eigenvalue weighted by Gasteiger charge is -2.28. The Morgan fingerprint density at radius 2 is 1.50 bits per heavy atom. The molecular formula is C6H12F3N. The molecule has 0 amide bonds. The molecule has 1 atom stereocenters. The Morgan fingerprint density at radius 3 is 1.50 bits per heavy atom. The highest BCUT2D eigenvalue weighted by Crippen LogP contribution is 2.32. The minimum atomic E-state index is -4.18. The van der Waals surface area contributed by atoms with Crippen molar-refractivity contribution in [2.45, 2.75) is 32.5 Å². The predicted octanol–water partition coefficient (Wildman–Crippen LogP) is 1.92. The highest BCUT2D eigenvalue weighted by molar-refractivity contribution is 4.83. The van der Waals surface area contributed by atoms with Crippen molar-refractivity contribution in [3.63, 3.8) is 0 Å². The highest BCUT2D eigenvalue weighted by atomic mass is 19.4. The molecule has 4 heteroatoms.